The van der Waals surface area contributed by atoms with Gasteiger partial charge in [0, 0.05) is 6.42 Å². The number of rotatable bonds is 35. The van der Waals surface area contributed by atoms with Gasteiger partial charge in [0.15, 0.2) is 0 Å². The maximum Gasteiger partial charge on any atom is 0.472 e. The second kappa shape index (κ2) is 33.7. The van der Waals surface area contributed by atoms with Crippen LogP contribution in [-0.4, -0.2) is 84.6 Å². The number of nitrogens with zero attached hydrogens (tertiary/aromatic N) is 1. The smallest absolute Gasteiger partial charge is 0.389 e. The van der Waals surface area contributed by atoms with Crippen molar-refractivity contribution in [3.63, 3.8) is 0 Å². The molecule has 9 nitrogen and oxygen atoms in total. The molecule has 302 valence electrons. The lowest BCUT2D eigenvalue weighted by Crippen LogP contribution is -2.45. The SMILES string of the molecule is CCCCCCCC/C=C\CC/C=C/[C@@H](O)[C@H](COP(=O)(O)OCC[N+](C)(C)C)NC(=O)CCCC(O)/C=C/C=C/C/C=C/CCCCCCCC. The van der Waals surface area contributed by atoms with Crippen LogP contribution in [0.25, 0.3) is 0 Å². The zero-order chi connectivity index (χ0) is 38.8. The van der Waals surface area contributed by atoms with Crippen molar-refractivity contribution in [1.82, 2.24) is 5.32 Å². The second-order valence-electron chi connectivity index (χ2n) is 14.8. The number of nitrogens with one attached hydrogen (secondary N) is 1. The first-order valence-corrected chi connectivity index (χ1v) is 21.8. The van der Waals surface area contributed by atoms with Gasteiger partial charge in [-0.1, -0.05) is 139 Å². The van der Waals surface area contributed by atoms with Crippen LogP contribution < -0.4 is 5.32 Å². The second-order valence-corrected chi connectivity index (χ2v) is 16.3. The van der Waals surface area contributed by atoms with Crippen LogP contribution in [0.1, 0.15) is 142 Å². The lowest BCUT2D eigenvalue weighted by atomic mass is 10.1. The molecule has 0 aliphatic carbocycles. The van der Waals surface area contributed by atoms with Crippen molar-refractivity contribution in [3.05, 3.63) is 60.8 Å². The zero-order valence-corrected chi connectivity index (χ0v) is 34.5. The van der Waals surface area contributed by atoms with Crippen LogP contribution in [0, 0.1) is 0 Å². The summed E-state index contributed by atoms with van der Waals surface area (Å²) in [5.41, 5.74) is 0. The summed E-state index contributed by atoms with van der Waals surface area (Å²) < 4.78 is 23.4. The van der Waals surface area contributed by atoms with E-state index in [4.69, 9.17) is 9.05 Å². The van der Waals surface area contributed by atoms with Crippen molar-refractivity contribution in [2.24, 2.45) is 0 Å². The number of amides is 1. The number of aliphatic hydroxyl groups is 2. The Morgan fingerprint density at radius 1 is 0.712 bits per heavy atom. The van der Waals surface area contributed by atoms with E-state index < -0.39 is 32.7 Å². The van der Waals surface area contributed by atoms with Crippen molar-refractivity contribution < 1.29 is 38.0 Å². The Kier molecular flexibility index (Phi) is 32.5. The maximum absolute atomic E-state index is 12.8. The molecule has 0 aliphatic rings. The van der Waals surface area contributed by atoms with Crippen LogP contribution in [0.4, 0.5) is 0 Å². The number of quaternary nitrogens is 1. The molecule has 4 atom stereocenters. The fourth-order valence-corrected chi connectivity index (χ4v) is 5.98. The van der Waals surface area contributed by atoms with E-state index in [1.807, 2.05) is 45.4 Å². The van der Waals surface area contributed by atoms with E-state index in [1.165, 1.54) is 77.0 Å². The Hall–Kier alpha value is -1.84. The number of phosphoric acid groups is 1. The Balaban J connectivity index is 4.75. The highest BCUT2D eigenvalue weighted by molar-refractivity contribution is 7.47. The maximum atomic E-state index is 12.8. The standard InChI is InChI=1S/C42H77N2O7P/c1-6-8-10-12-14-16-18-20-21-23-25-27-29-32-39(45)33-31-35-42(47)43-40(38-51-52(48,49)50-37-36-44(3,4)5)41(46)34-30-28-26-24-22-19-17-15-13-11-9-7-2/h20-22,24-25,27,29-30,32,34,39-41,45-46H,6-19,23,26,28,31,33,35-38H2,1-5H3,(H-,43,47,48,49)/p+1/b21-20+,24-22-,27-25+,32-29+,34-30+/t39?,40-,41+/m0/s1. The number of carbonyl (C=O) groups is 1. The molecule has 0 saturated heterocycles. The fraction of sp³-hybridized carbons (Fsp3) is 0.738. The van der Waals surface area contributed by atoms with Gasteiger partial charge in [0.05, 0.1) is 46.0 Å². The van der Waals surface area contributed by atoms with Crippen molar-refractivity contribution in [3.8, 4) is 0 Å². The van der Waals surface area contributed by atoms with Crippen LogP contribution in [0.15, 0.2) is 60.8 Å². The number of hydrogen-bond acceptors (Lipinski definition) is 6. The van der Waals surface area contributed by atoms with Gasteiger partial charge in [0.2, 0.25) is 5.91 Å². The summed E-state index contributed by atoms with van der Waals surface area (Å²) in [4.78, 5) is 23.0. The molecule has 0 aromatic heterocycles. The van der Waals surface area contributed by atoms with Crippen LogP contribution >= 0.6 is 7.82 Å². The van der Waals surface area contributed by atoms with Crippen molar-refractivity contribution in [1.29, 1.82) is 0 Å². The van der Waals surface area contributed by atoms with Gasteiger partial charge in [-0.3, -0.25) is 13.8 Å². The van der Waals surface area contributed by atoms with Gasteiger partial charge in [0.1, 0.15) is 13.2 Å². The summed E-state index contributed by atoms with van der Waals surface area (Å²) in [7, 11) is 1.43. The molecule has 4 N–H and O–H groups in total. The average Bonchev–Trinajstić information content (AvgIpc) is 3.08. The van der Waals surface area contributed by atoms with Gasteiger partial charge >= 0.3 is 7.82 Å². The molecule has 0 aliphatic heterocycles. The van der Waals surface area contributed by atoms with Crippen molar-refractivity contribution in [2.75, 3.05) is 40.9 Å². The molecule has 0 heterocycles. The first-order valence-electron chi connectivity index (χ1n) is 20.3. The third-order valence-electron chi connectivity index (χ3n) is 8.56. The molecule has 0 aromatic rings. The largest absolute Gasteiger partial charge is 0.472 e. The first-order chi connectivity index (χ1) is 24.9. The normalized spacial score (nSPS) is 15.8. The highest BCUT2D eigenvalue weighted by Gasteiger charge is 2.27. The molecule has 2 unspecified atom stereocenters. The van der Waals surface area contributed by atoms with E-state index >= 15 is 0 Å². The van der Waals surface area contributed by atoms with E-state index in [9.17, 15) is 24.5 Å². The average molecular weight is 754 g/mol. The lowest BCUT2D eigenvalue weighted by molar-refractivity contribution is -0.870. The molecule has 0 fully saturated rings. The van der Waals surface area contributed by atoms with E-state index in [1.54, 1.807) is 12.2 Å². The molecule has 1 amide bonds. The van der Waals surface area contributed by atoms with Gasteiger partial charge < -0.3 is 24.9 Å². The number of allylic oxidation sites excluding steroid dienone is 8. The van der Waals surface area contributed by atoms with Crippen LogP contribution in [0.5, 0.6) is 0 Å². The molecule has 0 rings (SSSR count). The minimum atomic E-state index is -4.39. The summed E-state index contributed by atoms with van der Waals surface area (Å²) in [5, 5.41) is 24.0. The molecular weight excluding hydrogens is 675 g/mol. The predicted octanol–water partition coefficient (Wildman–Crippen LogP) is 9.66. The lowest BCUT2D eigenvalue weighted by Gasteiger charge is -2.25. The summed E-state index contributed by atoms with van der Waals surface area (Å²) in [5.74, 6) is -0.346. The van der Waals surface area contributed by atoms with Gasteiger partial charge in [-0.25, -0.2) is 4.57 Å². The Bertz CT molecular complexity index is 1050. The van der Waals surface area contributed by atoms with E-state index in [0.717, 1.165) is 32.1 Å². The minimum absolute atomic E-state index is 0.0199. The summed E-state index contributed by atoms with van der Waals surface area (Å²) in [6.45, 7) is 4.58. The monoisotopic (exact) mass is 754 g/mol. The number of carbonyl (C=O) groups excluding carboxylic acids is 1. The number of aliphatic hydroxyl groups excluding tert-OH is 2. The Morgan fingerprint density at radius 2 is 1.29 bits per heavy atom. The topological polar surface area (TPSA) is 125 Å². The molecule has 0 saturated carbocycles. The first kappa shape index (κ1) is 50.2. The summed E-state index contributed by atoms with van der Waals surface area (Å²) in [6, 6.07) is -0.954. The Morgan fingerprint density at radius 3 is 1.92 bits per heavy atom. The molecule has 10 heteroatoms. The van der Waals surface area contributed by atoms with Crippen LogP contribution in [-0.2, 0) is 18.4 Å². The summed E-state index contributed by atoms with van der Waals surface area (Å²) in [6.07, 6.45) is 38.9. The minimum Gasteiger partial charge on any atom is -0.389 e. The highest BCUT2D eigenvalue weighted by atomic mass is 31.2. The van der Waals surface area contributed by atoms with E-state index in [2.05, 4.69) is 43.5 Å². The molecule has 0 spiro atoms. The van der Waals surface area contributed by atoms with Crippen LogP contribution in [0.2, 0.25) is 0 Å². The number of hydrogen-bond donors (Lipinski definition) is 4. The fourth-order valence-electron chi connectivity index (χ4n) is 5.24. The van der Waals surface area contributed by atoms with E-state index in [-0.39, 0.29) is 18.9 Å². The van der Waals surface area contributed by atoms with Crippen molar-refractivity contribution >= 4 is 13.7 Å². The zero-order valence-electron chi connectivity index (χ0n) is 33.6. The molecule has 0 radical (unpaired) electrons. The highest BCUT2D eigenvalue weighted by Crippen LogP contribution is 2.43. The number of likely N-dealkylation sites (N-methyl/N-ethyl adjacent to an activating group) is 1. The van der Waals surface area contributed by atoms with E-state index in [0.29, 0.717) is 23.9 Å². The molecule has 0 aromatic carbocycles. The molecular formula is C42H78N2O7P+. The molecule has 52 heavy (non-hydrogen) atoms. The van der Waals surface area contributed by atoms with Crippen molar-refractivity contribution in [2.45, 2.75) is 161 Å². The van der Waals surface area contributed by atoms with Gasteiger partial charge in [-0.2, -0.15) is 0 Å². The van der Waals surface area contributed by atoms with Gasteiger partial charge in [-0.05, 0) is 57.8 Å². The quantitative estimate of drug-likeness (QED) is 0.0167. The third-order valence-corrected chi connectivity index (χ3v) is 9.55. The summed E-state index contributed by atoms with van der Waals surface area (Å²) >= 11 is 0. The molecule has 0 bridgehead atoms. The van der Waals surface area contributed by atoms with Gasteiger partial charge in [0.25, 0.3) is 0 Å². The number of unbranched alkanes of at least 4 members (excludes halogenated alkanes) is 13. The number of phosphoric ester groups is 1. The van der Waals surface area contributed by atoms with Gasteiger partial charge in [-0.15, -0.1) is 0 Å². The third kappa shape index (κ3) is 35.2. The van der Waals surface area contributed by atoms with Crippen LogP contribution in [0.3, 0.4) is 0 Å². The Labute approximate surface area is 318 Å². The predicted molar refractivity (Wildman–Crippen MR) is 218 cm³/mol.